The molecule has 7 heteroatoms. The molecule has 0 aliphatic carbocycles. The molecule has 1 atom stereocenters. The minimum atomic E-state index is -0.900. The van der Waals surface area contributed by atoms with Gasteiger partial charge in [-0.05, 0) is 37.5 Å². The van der Waals surface area contributed by atoms with Crippen molar-refractivity contribution in [2.45, 2.75) is 19.8 Å². The van der Waals surface area contributed by atoms with Crippen LogP contribution < -0.4 is 5.32 Å². The summed E-state index contributed by atoms with van der Waals surface area (Å²) in [6, 6.07) is 2.17. The van der Waals surface area contributed by atoms with Crippen molar-refractivity contribution in [2.75, 3.05) is 18.4 Å². The Kier molecular flexibility index (Phi) is 4.67. The minimum Gasteiger partial charge on any atom is -0.481 e. The van der Waals surface area contributed by atoms with E-state index in [2.05, 4.69) is 5.32 Å². The lowest BCUT2D eigenvalue weighted by Gasteiger charge is -2.30. The molecule has 1 aliphatic rings. The van der Waals surface area contributed by atoms with Crippen molar-refractivity contribution >= 4 is 29.3 Å². The topological polar surface area (TPSA) is 69.6 Å². The number of nitrogens with one attached hydrogen (secondary N) is 1. The Labute approximate surface area is 126 Å². The summed E-state index contributed by atoms with van der Waals surface area (Å²) in [6.45, 7) is 2.23. The SMILES string of the molecule is Cc1cc(NC(=O)N2CCCC(C(=O)O)C2)c(Cl)cc1F. The maximum Gasteiger partial charge on any atom is 0.321 e. The Morgan fingerprint density at radius 1 is 1.48 bits per heavy atom. The molecule has 0 spiro atoms. The summed E-state index contributed by atoms with van der Waals surface area (Å²) in [6.07, 6.45) is 1.20. The number of halogens is 2. The van der Waals surface area contributed by atoms with Crippen LogP contribution in [0.15, 0.2) is 12.1 Å². The highest BCUT2D eigenvalue weighted by Crippen LogP contribution is 2.26. The average Bonchev–Trinajstić information content (AvgIpc) is 2.44. The van der Waals surface area contributed by atoms with Crippen molar-refractivity contribution < 1.29 is 19.1 Å². The van der Waals surface area contributed by atoms with E-state index in [4.69, 9.17) is 16.7 Å². The Morgan fingerprint density at radius 3 is 2.86 bits per heavy atom. The van der Waals surface area contributed by atoms with Gasteiger partial charge in [0.1, 0.15) is 5.82 Å². The van der Waals surface area contributed by atoms with Gasteiger partial charge in [-0.3, -0.25) is 4.79 Å². The number of amides is 2. The largest absolute Gasteiger partial charge is 0.481 e. The van der Waals surface area contributed by atoms with Crippen LogP contribution in [0, 0.1) is 18.7 Å². The zero-order valence-corrected chi connectivity index (χ0v) is 12.3. The smallest absolute Gasteiger partial charge is 0.321 e. The summed E-state index contributed by atoms with van der Waals surface area (Å²) < 4.78 is 13.3. The number of carboxylic acids is 1. The van der Waals surface area contributed by atoms with E-state index in [-0.39, 0.29) is 11.6 Å². The Bertz CT molecular complexity index is 580. The van der Waals surface area contributed by atoms with E-state index in [0.717, 1.165) is 6.07 Å². The molecular weight excluding hydrogens is 299 g/mol. The fourth-order valence-electron chi connectivity index (χ4n) is 2.31. The lowest BCUT2D eigenvalue weighted by molar-refractivity contribution is -0.143. The summed E-state index contributed by atoms with van der Waals surface area (Å²) in [5.74, 6) is -1.89. The van der Waals surface area contributed by atoms with Crippen LogP contribution in [-0.4, -0.2) is 35.1 Å². The van der Waals surface area contributed by atoms with Crippen LogP contribution in [0.5, 0.6) is 0 Å². The second-order valence-corrected chi connectivity index (χ2v) is 5.54. The first kappa shape index (κ1) is 15.6. The molecule has 0 radical (unpaired) electrons. The lowest BCUT2D eigenvalue weighted by atomic mass is 9.99. The van der Waals surface area contributed by atoms with Gasteiger partial charge in [-0.15, -0.1) is 0 Å². The maximum atomic E-state index is 13.3. The van der Waals surface area contributed by atoms with Gasteiger partial charge in [0.2, 0.25) is 0 Å². The third-order valence-electron chi connectivity index (χ3n) is 3.55. The van der Waals surface area contributed by atoms with Crippen molar-refractivity contribution in [3.05, 3.63) is 28.5 Å². The molecule has 5 nitrogen and oxygen atoms in total. The number of carbonyl (C=O) groups is 2. The van der Waals surface area contributed by atoms with Gasteiger partial charge < -0.3 is 15.3 Å². The molecule has 1 aliphatic heterocycles. The number of aryl methyl sites for hydroxylation is 1. The zero-order chi connectivity index (χ0) is 15.6. The van der Waals surface area contributed by atoms with Crippen LogP contribution in [0.4, 0.5) is 14.9 Å². The number of anilines is 1. The first-order chi connectivity index (χ1) is 9.88. The van der Waals surface area contributed by atoms with Gasteiger partial charge in [0.25, 0.3) is 0 Å². The van der Waals surface area contributed by atoms with E-state index in [9.17, 15) is 14.0 Å². The highest BCUT2D eigenvalue weighted by molar-refractivity contribution is 6.33. The molecule has 0 aromatic heterocycles. The number of urea groups is 1. The number of hydrogen-bond donors (Lipinski definition) is 2. The minimum absolute atomic E-state index is 0.109. The zero-order valence-electron chi connectivity index (χ0n) is 11.5. The van der Waals surface area contributed by atoms with Gasteiger partial charge in [-0.25, -0.2) is 9.18 Å². The number of rotatable bonds is 2. The number of hydrogen-bond acceptors (Lipinski definition) is 2. The molecule has 0 saturated carbocycles. The predicted octanol–water partition coefficient (Wildman–Crippen LogP) is 3.12. The third-order valence-corrected chi connectivity index (χ3v) is 3.86. The summed E-state index contributed by atoms with van der Waals surface area (Å²) in [4.78, 5) is 24.6. The first-order valence-corrected chi connectivity index (χ1v) is 7.00. The molecule has 2 N–H and O–H groups in total. The van der Waals surface area contributed by atoms with Crippen molar-refractivity contribution in [1.82, 2.24) is 4.90 Å². The summed E-state index contributed by atoms with van der Waals surface area (Å²) in [5.41, 5.74) is 0.690. The van der Waals surface area contributed by atoms with E-state index in [1.165, 1.54) is 11.0 Å². The maximum absolute atomic E-state index is 13.3. The lowest BCUT2D eigenvalue weighted by Crippen LogP contribution is -2.44. The molecule has 2 amide bonds. The Hall–Kier alpha value is -1.82. The fraction of sp³-hybridized carbons (Fsp3) is 0.429. The number of carboxylic acid groups (broad SMARTS) is 1. The summed E-state index contributed by atoms with van der Waals surface area (Å²) in [7, 11) is 0. The Morgan fingerprint density at radius 2 is 2.19 bits per heavy atom. The third kappa shape index (κ3) is 3.64. The molecule has 1 aromatic carbocycles. The van der Waals surface area contributed by atoms with Crippen LogP contribution in [0.25, 0.3) is 0 Å². The van der Waals surface area contributed by atoms with Gasteiger partial charge in [-0.2, -0.15) is 0 Å². The molecule has 1 unspecified atom stereocenters. The van der Waals surface area contributed by atoms with Crippen molar-refractivity contribution in [2.24, 2.45) is 5.92 Å². The molecule has 2 rings (SSSR count). The fourth-order valence-corrected chi connectivity index (χ4v) is 2.51. The van der Waals surface area contributed by atoms with E-state index in [1.807, 2.05) is 0 Å². The number of aliphatic carboxylic acids is 1. The van der Waals surface area contributed by atoms with Crippen molar-refractivity contribution in [3.63, 3.8) is 0 Å². The average molecular weight is 315 g/mol. The van der Waals surface area contributed by atoms with Crippen molar-refractivity contribution in [3.8, 4) is 0 Å². The first-order valence-electron chi connectivity index (χ1n) is 6.63. The van der Waals surface area contributed by atoms with Crippen LogP contribution in [0.1, 0.15) is 18.4 Å². The molecule has 0 bridgehead atoms. The number of carbonyl (C=O) groups excluding carboxylic acids is 1. The number of benzene rings is 1. The molecular formula is C14H16ClFN2O3. The van der Waals surface area contributed by atoms with Crippen LogP contribution >= 0.6 is 11.6 Å². The van der Waals surface area contributed by atoms with Crippen LogP contribution in [-0.2, 0) is 4.79 Å². The van der Waals surface area contributed by atoms with Gasteiger partial charge in [-0.1, -0.05) is 11.6 Å². The van der Waals surface area contributed by atoms with Gasteiger partial charge in [0, 0.05) is 13.1 Å². The molecule has 1 saturated heterocycles. The van der Waals surface area contributed by atoms with E-state index in [0.29, 0.717) is 30.6 Å². The summed E-state index contributed by atoms with van der Waals surface area (Å²) >= 11 is 5.90. The number of likely N-dealkylation sites (tertiary alicyclic amines) is 1. The second kappa shape index (κ2) is 6.30. The van der Waals surface area contributed by atoms with E-state index in [1.54, 1.807) is 6.92 Å². The molecule has 1 aromatic rings. The number of nitrogens with zero attached hydrogens (tertiary/aromatic N) is 1. The normalized spacial score (nSPS) is 18.4. The second-order valence-electron chi connectivity index (χ2n) is 5.13. The Balaban J connectivity index is 2.07. The quantitative estimate of drug-likeness (QED) is 0.881. The standard InChI is InChI=1S/C14H16ClFN2O3/c1-8-5-12(10(15)6-11(8)16)17-14(21)18-4-2-3-9(7-18)13(19)20/h5-6,9H,2-4,7H2,1H3,(H,17,21)(H,19,20). The predicted molar refractivity (Wildman–Crippen MR) is 77.1 cm³/mol. The summed E-state index contributed by atoms with van der Waals surface area (Å²) in [5, 5.41) is 11.7. The van der Waals surface area contributed by atoms with Crippen molar-refractivity contribution in [1.29, 1.82) is 0 Å². The van der Waals surface area contributed by atoms with Gasteiger partial charge in [0.05, 0.1) is 16.6 Å². The monoisotopic (exact) mass is 314 g/mol. The van der Waals surface area contributed by atoms with Crippen LogP contribution in [0.2, 0.25) is 5.02 Å². The van der Waals surface area contributed by atoms with Gasteiger partial charge in [0.15, 0.2) is 0 Å². The highest BCUT2D eigenvalue weighted by Gasteiger charge is 2.28. The number of piperidine rings is 1. The van der Waals surface area contributed by atoms with Crippen LogP contribution in [0.3, 0.4) is 0 Å². The van der Waals surface area contributed by atoms with E-state index >= 15 is 0 Å². The van der Waals surface area contributed by atoms with E-state index < -0.39 is 23.7 Å². The highest BCUT2D eigenvalue weighted by atomic mass is 35.5. The molecule has 114 valence electrons. The molecule has 1 fully saturated rings. The van der Waals surface area contributed by atoms with Gasteiger partial charge >= 0.3 is 12.0 Å². The molecule has 1 heterocycles. The molecule has 21 heavy (non-hydrogen) atoms.